The molecule has 0 aliphatic heterocycles. The molecule has 102 valence electrons. The lowest BCUT2D eigenvalue weighted by molar-refractivity contribution is -0.147. The van der Waals surface area contributed by atoms with Crippen LogP contribution >= 0.6 is 0 Å². The van der Waals surface area contributed by atoms with Crippen LogP contribution in [0.25, 0.3) is 0 Å². The Morgan fingerprint density at radius 3 is 2.42 bits per heavy atom. The predicted octanol–water partition coefficient (Wildman–Crippen LogP) is 1.93. The van der Waals surface area contributed by atoms with Crippen LogP contribution in [0.2, 0.25) is 0 Å². The standard InChI is InChI=1S/C14H16O5/c1-4-19-14(18)12(9(3)15)11-8(2)6-5-7-10(11)13(16)17/h5-7,12H,4H2,1-3H3,(H,16,17). The molecular weight excluding hydrogens is 248 g/mol. The van der Waals surface area contributed by atoms with Gasteiger partial charge in [-0.15, -0.1) is 0 Å². The minimum absolute atomic E-state index is 0.0479. The van der Waals surface area contributed by atoms with Crippen LogP contribution in [0.5, 0.6) is 0 Å². The number of ether oxygens (including phenoxy) is 1. The first-order valence-corrected chi connectivity index (χ1v) is 5.90. The molecule has 0 bridgehead atoms. The van der Waals surface area contributed by atoms with Gasteiger partial charge in [-0.2, -0.15) is 0 Å². The van der Waals surface area contributed by atoms with Crippen molar-refractivity contribution in [3.8, 4) is 0 Å². The molecular formula is C14H16O5. The number of hydrogen-bond donors (Lipinski definition) is 1. The van der Waals surface area contributed by atoms with Crippen LogP contribution in [0.4, 0.5) is 0 Å². The van der Waals surface area contributed by atoms with E-state index in [9.17, 15) is 14.4 Å². The number of Topliss-reactive ketones (excluding diaryl/α,β-unsaturated/α-hetero) is 1. The Hall–Kier alpha value is -2.17. The summed E-state index contributed by atoms with van der Waals surface area (Å²) in [6, 6.07) is 4.61. The molecule has 0 radical (unpaired) electrons. The second kappa shape index (κ2) is 6.13. The summed E-state index contributed by atoms with van der Waals surface area (Å²) in [5.74, 6) is -3.51. The normalized spacial score (nSPS) is 11.7. The van der Waals surface area contributed by atoms with E-state index in [0.717, 1.165) is 0 Å². The largest absolute Gasteiger partial charge is 0.478 e. The quantitative estimate of drug-likeness (QED) is 0.649. The highest BCUT2D eigenvalue weighted by Crippen LogP contribution is 2.26. The molecule has 1 atom stereocenters. The van der Waals surface area contributed by atoms with Crippen LogP contribution in [-0.4, -0.2) is 29.4 Å². The summed E-state index contributed by atoms with van der Waals surface area (Å²) in [6.45, 7) is 4.68. The molecule has 0 amide bonds. The van der Waals surface area contributed by atoms with Crippen molar-refractivity contribution in [1.82, 2.24) is 0 Å². The number of rotatable bonds is 5. The third-order valence-electron chi connectivity index (χ3n) is 2.77. The average Bonchev–Trinajstić information content (AvgIpc) is 2.31. The summed E-state index contributed by atoms with van der Waals surface area (Å²) in [4.78, 5) is 34.8. The number of esters is 1. The van der Waals surface area contributed by atoms with Crippen molar-refractivity contribution < 1.29 is 24.2 Å². The van der Waals surface area contributed by atoms with Gasteiger partial charge in [-0.05, 0) is 38.0 Å². The maximum atomic E-state index is 11.9. The van der Waals surface area contributed by atoms with Crippen molar-refractivity contribution in [1.29, 1.82) is 0 Å². The molecule has 1 N–H and O–H groups in total. The molecule has 0 aliphatic carbocycles. The summed E-state index contributed by atoms with van der Waals surface area (Å²) >= 11 is 0. The van der Waals surface area contributed by atoms with Gasteiger partial charge in [0.25, 0.3) is 0 Å². The van der Waals surface area contributed by atoms with Gasteiger partial charge in [-0.1, -0.05) is 12.1 Å². The highest BCUT2D eigenvalue weighted by atomic mass is 16.5. The Kier molecular flexibility index (Phi) is 4.80. The molecule has 1 rings (SSSR count). The molecule has 0 aromatic heterocycles. The number of aromatic carboxylic acids is 1. The Labute approximate surface area is 111 Å². The van der Waals surface area contributed by atoms with Gasteiger partial charge in [0.1, 0.15) is 11.7 Å². The number of hydrogen-bond acceptors (Lipinski definition) is 4. The fourth-order valence-corrected chi connectivity index (χ4v) is 1.96. The fraction of sp³-hybridized carbons (Fsp3) is 0.357. The van der Waals surface area contributed by atoms with E-state index in [4.69, 9.17) is 9.84 Å². The first-order valence-electron chi connectivity index (χ1n) is 5.90. The number of ketones is 1. The minimum atomic E-state index is -1.19. The van der Waals surface area contributed by atoms with Gasteiger partial charge in [-0.25, -0.2) is 4.79 Å². The number of carbonyl (C=O) groups excluding carboxylic acids is 2. The highest BCUT2D eigenvalue weighted by Gasteiger charge is 2.31. The van der Waals surface area contributed by atoms with Crippen molar-refractivity contribution in [2.75, 3.05) is 6.61 Å². The molecule has 0 spiro atoms. The summed E-state index contributed by atoms with van der Waals surface area (Å²) in [5.41, 5.74) is 0.738. The topological polar surface area (TPSA) is 80.7 Å². The van der Waals surface area contributed by atoms with E-state index in [0.29, 0.717) is 5.56 Å². The third kappa shape index (κ3) is 3.19. The highest BCUT2D eigenvalue weighted by molar-refractivity contribution is 6.06. The maximum absolute atomic E-state index is 11.9. The zero-order valence-corrected chi connectivity index (χ0v) is 11.1. The summed E-state index contributed by atoms with van der Waals surface area (Å²) in [7, 11) is 0. The second-order valence-corrected chi connectivity index (χ2v) is 4.14. The van der Waals surface area contributed by atoms with Gasteiger partial charge in [0.05, 0.1) is 12.2 Å². The van der Waals surface area contributed by atoms with Crippen LogP contribution in [-0.2, 0) is 14.3 Å². The zero-order chi connectivity index (χ0) is 14.6. The van der Waals surface area contributed by atoms with Gasteiger partial charge in [-0.3, -0.25) is 9.59 Å². The minimum Gasteiger partial charge on any atom is -0.478 e. The monoisotopic (exact) mass is 264 g/mol. The molecule has 0 heterocycles. The molecule has 0 saturated heterocycles. The first kappa shape index (κ1) is 14.9. The van der Waals surface area contributed by atoms with E-state index >= 15 is 0 Å². The van der Waals surface area contributed by atoms with Crippen molar-refractivity contribution in [2.24, 2.45) is 0 Å². The van der Waals surface area contributed by atoms with Gasteiger partial charge in [0, 0.05) is 0 Å². The van der Waals surface area contributed by atoms with Gasteiger partial charge in [0.15, 0.2) is 0 Å². The SMILES string of the molecule is CCOC(=O)C(C(C)=O)c1c(C)cccc1C(=O)O. The van der Waals surface area contributed by atoms with Crippen LogP contribution in [0.3, 0.4) is 0 Å². The number of carbonyl (C=O) groups is 3. The molecule has 0 saturated carbocycles. The van der Waals surface area contributed by atoms with Crippen LogP contribution in [0, 0.1) is 6.92 Å². The number of carboxylic acids is 1. The van der Waals surface area contributed by atoms with Crippen molar-refractivity contribution in [3.05, 3.63) is 34.9 Å². The molecule has 0 aliphatic rings. The lowest BCUT2D eigenvalue weighted by Gasteiger charge is -2.17. The lowest BCUT2D eigenvalue weighted by Crippen LogP contribution is -2.25. The van der Waals surface area contributed by atoms with E-state index in [1.165, 1.54) is 13.0 Å². The number of benzene rings is 1. The Morgan fingerprint density at radius 2 is 1.95 bits per heavy atom. The van der Waals surface area contributed by atoms with E-state index in [1.54, 1.807) is 26.0 Å². The molecule has 1 aromatic carbocycles. The molecule has 19 heavy (non-hydrogen) atoms. The molecule has 1 unspecified atom stereocenters. The average molecular weight is 264 g/mol. The molecule has 5 heteroatoms. The summed E-state index contributed by atoms with van der Waals surface area (Å²) < 4.78 is 4.86. The molecule has 5 nitrogen and oxygen atoms in total. The summed E-state index contributed by atoms with van der Waals surface area (Å²) in [5, 5.41) is 9.17. The lowest BCUT2D eigenvalue weighted by atomic mass is 9.87. The first-order chi connectivity index (χ1) is 8.90. The van der Waals surface area contributed by atoms with Gasteiger partial charge < -0.3 is 9.84 Å². The zero-order valence-electron chi connectivity index (χ0n) is 11.1. The second-order valence-electron chi connectivity index (χ2n) is 4.14. The number of aryl methyl sites for hydroxylation is 1. The Balaban J connectivity index is 3.42. The Bertz CT molecular complexity index is 519. The number of carboxylic acid groups (broad SMARTS) is 1. The van der Waals surface area contributed by atoms with E-state index in [2.05, 4.69) is 0 Å². The van der Waals surface area contributed by atoms with Gasteiger partial charge in [0.2, 0.25) is 0 Å². The van der Waals surface area contributed by atoms with Crippen LogP contribution in [0.15, 0.2) is 18.2 Å². The van der Waals surface area contributed by atoms with E-state index in [1.807, 2.05) is 0 Å². The maximum Gasteiger partial charge on any atom is 0.336 e. The van der Waals surface area contributed by atoms with E-state index < -0.39 is 23.6 Å². The van der Waals surface area contributed by atoms with Crippen molar-refractivity contribution in [2.45, 2.75) is 26.7 Å². The fourth-order valence-electron chi connectivity index (χ4n) is 1.96. The van der Waals surface area contributed by atoms with Crippen LogP contribution in [0.1, 0.15) is 41.3 Å². The molecule has 0 fully saturated rings. The third-order valence-corrected chi connectivity index (χ3v) is 2.77. The summed E-state index contributed by atoms with van der Waals surface area (Å²) in [6.07, 6.45) is 0. The van der Waals surface area contributed by atoms with Crippen molar-refractivity contribution in [3.63, 3.8) is 0 Å². The smallest absolute Gasteiger partial charge is 0.336 e. The van der Waals surface area contributed by atoms with Gasteiger partial charge >= 0.3 is 11.9 Å². The Morgan fingerprint density at radius 1 is 1.32 bits per heavy atom. The predicted molar refractivity (Wildman–Crippen MR) is 68.2 cm³/mol. The van der Waals surface area contributed by atoms with Crippen LogP contribution < -0.4 is 0 Å². The molecule has 1 aromatic rings. The van der Waals surface area contributed by atoms with E-state index in [-0.39, 0.29) is 17.7 Å². The van der Waals surface area contributed by atoms with Crippen molar-refractivity contribution >= 4 is 17.7 Å².